The number of halogens is 2. The quantitative estimate of drug-likeness (QED) is 0.894. The van der Waals surface area contributed by atoms with E-state index in [1.807, 2.05) is 13.0 Å². The molecule has 2 rings (SSSR count). The Bertz CT molecular complexity index is 592. The summed E-state index contributed by atoms with van der Waals surface area (Å²) < 4.78 is 19.6. The molecule has 1 aromatic carbocycles. The van der Waals surface area contributed by atoms with Gasteiger partial charge in [0.1, 0.15) is 17.3 Å². The SMILES string of the molecule is CCC(N)Cc1cncc(Oc2cc(F)ccc2Br)c1. The minimum atomic E-state index is -0.347. The lowest BCUT2D eigenvalue weighted by atomic mass is 10.1. The molecule has 1 unspecified atom stereocenters. The van der Waals surface area contributed by atoms with Crippen LogP contribution in [0.3, 0.4) is 0 Å². The smallest absolute Gasteiger partial charge is 0.146 e. The molecular formula is C15H16BrFN2O. The van der Waals surface area contributed by atoms with E-state index >= 15 is 0 Å². The number of nitrogens with two attached hydrogens (primary N) is 1. The molecule has 0 spiro atoms. The maximum Gasteiger partial charge on any atom is 0.146 e. The lowest BCUT2D eigenvalue weighted by Gasteiger charge is -2.11. The summed E-state index contributed by atoms with van der Waals surface area (Å²) in [4.78, 5) is 4.13. The molecule has 1 aromatic heterocycles. The summed E-state index contributed by atoms with van der Waals surface area (Å²) in [7, 11) is 0. The topological polar surface area (TPSA) is 48.1 Å². The number of benzene rings is 1. The van der Waals surface area contributed by atoms with Gasteiger partial charge in [0, 0.05) is 18.3 Å². The van der Waals surface area contributed by atoms with Crippen LogP contribution >= 0.6 is 15.9 Å². The number of nitrogens with zero attached hydrogens (tertiary/aromatic N) is 1. The third-order valence-corrected chi connectivity index (χ3v) is 3.57. The van der Waals surface area contributed by atoms with Crippen LogP contribution in [-0.2, 0) is 6.42 Å². The second-order valence-corrected chi connectivity index (χ2v) is 5.43. The molecule has 1 heterocycles. The van der Waals surface area contributed by atoms with Gasteiger partial charge in [0.2, 0.25) is 0 Å². The second-order valence-electron chi connectivity index (χ2n) is 4.58. The molecule has 0 bridgehead atoms. The van der Waals surface area contributed by atoms with Gasteiger partial charge in [0.05, 0.1) is 10.7 Å². The number of pyridine rings is 1. The van der Waals surface area contributed by atoms with Crippen LogP contribution in [0.5, 0.6) is 11.5 Å². The van der Waals surface area contributed by atoms with E-state index < -0.39 is 0 Å². The zero-order valence-corrected chi connectivity index (χ0v) is 12.7. The van der Waals surface area contributed by atoms with Crippen LogP contribution in [0.25, 0.3) is 0 Å². The van der Waals surface area contributed by atoms with Crippen LogP contribution in [-0.4, -0.2) is 11.0 Å². The minimum absolute atomic E-state index is 0.105. The Labute approximate surface area is 126 Å². The molecule has 0 fully saturated rings. The predicted octanol–water partition coefficient (Wildman–Crippen LogP) is 4.06. The van der Waals surface area contributed by atoms with E-state index in [9.17, 15) is 4.39 Å². The van der Waals surface area contributed by atoms with E-state index in [-0.39, 0.29) is 11.9 Å². The summed E-state index contributed by atoms with van der Waals surface area (Å²) in [5.74, 6) is 0.640. The fraction of sp³-hybridized carbons (Fsp3) is 0.267. The Kier molecular flexibility index (Phi) is 5.09. The highest BCUT2D eigenvalue weighted by molar-refractivity contribution is 9.10. The van der Waals surface area contributed by atoms with Crippen molar-refractivity contribution in [3.8, 4) is 11.5 Å². The summed E-state index contributed by atoms with van der Waals surface area (Å²) in [6.07, 6.45) is 5.01. The second kappa shape index (κ2) is 6.81. The van der Waals surface area contributed by atoms with Gasteiger partial charge < -0.3 is 10.5 Å². The van der Waals surface area contributed by atoms with E-state index in [1.54, 1.807) is 18.5 Å². The number of hydrogen-bond donors (Lipinski definition) is 1. The van der Waals surface area contributed by atoms with Gasteiger partial charge in [-0.15, -0.1) is 0 Å². The normalized spacial score (nSPS) is 12.2. The van der Waals surface area contributed by atoms with Gasteiger partial charge in [-0.05, 0) is 52.5 Å². The van der Waals surface area contributed by atoms with E-state index in [1.165, 1.54) is 12.1 Å². The average molecular weight is 339 g/mol. The molecule has 0 radical (unpaired) electrons. The van der Waals surface area contributed by atoms with E-state index in [2.05, 4.69) is 20.9 Å². The Hall–Kier alpha value is -1.46. The van der Waals surface area contributed by atoms with Gasteiger partial charge in [-0.25, -0.2) is 4.39 Å². The molecule has 2 N–H and O–H groups in total. The third kappa shape index (κ3) is 4.02. The lowest BCUT2D eigenvalue weighted by molar-refractivity contribution is 0.470. The molecule has 20 heavy (non-hydrogen) atoms. The molecule has 5 heteroatoms. The zero-order chi connectivity index (χ0) is 14.5. The van der Waals surface area contributed by atoms with Crippen LogP contribution in [0.4, 0.5) is 4.39 Å². The van der Waals surface area contributed by atoms with Crippen molar-refractivity contribution < 1.29 is 9.13 Å². The molecule has 106 valence electrons. The molecule has 1 atom stereocenters. The number of ether oxygens (including phenoxy) is 1. The van der Waals surface area contributed by atoms with Crippen molar-refractivity contribution in [1.29, 1.82) is 0 Å². The molecule has 3 nitrogen and oxygen atoms in total. The Morgan fingerprint density at radius 2 is 2.15 bits per heavy atom. The maximum absolute atomic E-state index is 13.2. The van der Waals surface area contributed by atoms with Gasteiger partial charge in [0.15, 0.2) is 0 Å². The summed E-state index contributed by atoms with van der Waals surface area (Å²) in [5, 5.41) is 0. The first kappa shape index (κ1) is 14.9. The van der Waals surface area contributed by atoms with Crippen LogP contribution < -0.4 is 10.5 Å². The molecule has 0 amide bonds. The van der Waals surface area contributed by atoms with Gasteiger partial charge in [-0.2, -0.15) is 0 Å². The van der Waals surface area contributed by atoms with Crippen LogP contribution in [0.15, 0.2) is 41.1 Å². The summed E-state index contributed by atoms with van der Waals surface area (Å²) in [6.45, 7) is 2.04. The van der Waals surface area contributed by atoms with E-state index in [0.717, 1.165) is 18.4 Å². The van der Waals surface area contributed by atoms with Gasteiger partial charge in [0.25, 0.3) is 0 Å². The molecule has 2 aromatic rings. The Morgan fingerprint density at radius 3 is 2.90 bits per heavy atom. The molecule has 0 saturated carbocycles. The molecular weight excluding hydrogens is 323 g/mol. The highest BCUT2D eigenvalue weighted by atomic mass is 79.9. The van der Waals surface area contributed by atoms with Crippen molar-refractivity contribution in [2.75, 3.05) is 0 Å². The van der Waals surface area contributed by atoms with Gasteiger partial charge >= 0.3 is 0 Å². The summed E-state index contributed by atoms with van der Waals surface area (Å²) in [5.41, 5.74) is 6.93. The standard InChI is InChI=1S/C15H16BrFN2O/c1-2-12(18)5-10-6-13(9-19-8-10)20-15-7-11(17)3-4-14(15)16/h3-4,6-9,12H,2,5,18H2,1H3. The van der Waals surface area contributed by atoms with Crippen molar-refractivity contribution in [3.63, 3.8) is 0 Å². The van der Waals surface area contributed by atoms with Gasteiger partial charge in [-0.1, -0.05) is 6.92 Å². The average Bonchev–Trinajstić information content (AvgIpc) is 2.43. The summed E-state index contributed by atoms with van der Waals surface area (Å²) in [6, 6.07) is 6.28. The van der Waals surface area contributed by atoms with Crippen LogP contribution in [0.2, 0.25) is 0 Å². The lowest BCUT2D eigenvalue weighted by Crippen LogP contribution is -2.21. The fourth-order valence-corrected chi connectivity index (χ4v) is 2.09. The van der Waals surface area contributed by atoms with Crippen LogP contribution in [0.1, 0.15) is 18.9 Å². The largest absolute Gasteiger partial charge is 0.454 e. The Morgan fingerprint density at radius 1 is 1.35 bits per heavy atom. The van der Waals surface area contributed by atoms with Crippen molar-refractivity contribution in [3.05, 3.63) is 52.5 Å². The maximum atomic E-state index is 13.2. The third-order valence-electron chi connectivity index (χ3n) is 2.91. The van der Waals surface area contributed by atoms with Crippen molar-refractivity contribution in [1.82, 2.24) is 4.98 Å². The monoisotopic (exact) mass is 338 g/mol. The Balaban J connectivity index is 2.17. The zero-order valence-electron chi connectivity index (χ0n) is 11.1. The first-order chi connectivity index (χ1) is 9.58. The molecule has 0 aliphatic heterocycles. The molecule has 0 aliphatic rings. The first-order valence-electron chi connectivity index (χ1n) is 6.41. The van der Waals surface area contributed by atoms with E-state index in [4.69, 9.17) is 10.5 Å². The molecule has 0 aliphatic carbocycles. The first-order valence-corrected chi connectivity index (χ1v) is 7.20. The van der Waals surface area contributed by atoms with Gasteiger partial charge in [-0.3, -0.25) is 4.98 Å². The highest BCUT2D eigenvalue weighted by Gasteiger charge is 2.07. The summed E-state index contributed by atoms with van der Waals surface area (Å²) >= 11 is 3.33. The highest BCUT2D eigenvalue weighted by Crippen LogP contribution is 2.30. The van der Waals surface area contributed by atoms with E-state index in [0.29, 0.717) is 16.0 Å². The van der Waals surface area contributed by atoms with Crippen LogP contribution in [0, 0.1) is 5.82 Å². The number of rotatable bonds is 5. The fourth-order valence-electron chi connectivity index (χ4n) is 1.76. The number of aromatic nitrogens is 1. The van der Waals surface area contributed by atoms with Crippen molar-refractivity contribution in [2.24, 2.45) is 5.73 Å². The van der Waals surface area contributed by atoms with Crippen molar-refractivity contribution >= 4 is 15.9 Å². The molecule has 0 saturated heterocycles. The minimum Gasteiger partial charge on any atom is -0.454 e. The number of hydrogen-bond acceptors (Lipinski definition) is 3. The predicted molar refractivity (Wildman–Crippen MR) is 80.4 cm³/mol. The van der Waals surface area contributed by atoms with Crippen molar-refractivity contribution in [2.45, 2.75) is 25.8 Å².